The molecule has 7 heteroatoms. The van der Waals surface area contributed by atoms with Gasteiger partial charge in [-0.3, -0.25) is 9.69 Å². The minimum absolute atomic E-state index is 0.0332. The molecule has 3 amide bonds. The second-order valence-electron chi connectivity index (χ2n) is 5.79. The molecule has 1 aromatic rings. The number of phenols is 1. The van der Waals surface area contributed by atoms with Crippen molar-refractivity contribution in [1.29, 1.82) is 0 Å². The van der Waals surface area contributed by atoms with Gasteiger partial charge in [-0.1, -0.05) is 42.5 Å². The van der Waals surface area contributed by atoms with Crippen LogP contribution in [-0.2, 0) is 4.79 Å². The molecule has 5 nitrogen and oxygen atoms in total. The van der Waals surface area contributed by atoms with E-state index in [9.17, 15) is 14.7 Å². The third-order valence-electron chi connectivity index (χ3n) is 4.20. The van der Waals surface area contributed by atoms with Crippen LogP contribution in [0, 0.1) is 0 Å². The fourth-order valence-electron chi connectivity index (χ4n) is 3.05. The first-order chi connectivity index (χ1) is 11.0. The summed E-state index contributed by atoms with van der Waals surface area (Å²) in [6, 6.07) is 2.55. The Morgan fingerprint density at radius 2 is 1.74 bits per heavy atom. The van der Waals surface area contributed by atoms with E-state index in [1.807, 2.05) is 0 Å². The van der Waals surface area contributed by atoms with Gasteiger partial charge < -0.3 is 10.4 Å². The molecule has 0 bridgehead atoms. The highest BCUT2D eigenvalue weighted by atomic mass is 35.5. The van der Waals surface area contributed by atoms with E-state index in [1.54, 1.807) is 0 Å². The molecule has 0 unspecified atom stereocenters. The van der Waals surface area contributed by atoms with Crippen LogP contribution in [0.5, 0.6) is 5.75 Å². The fraction of sp³-hybridized carbons (Fsp3) is 0.375. The summed E-state index contributed by atoms with van der Waals surface area (Å²) >= 11 is 11.7. The van der Waals surface area contributed by atoms with Gasteiger partial charge in [0.05, 0.1) is 10.0 Å². The van der Waals surface area contributed by atoms with Crippen LogP contribution in [0.1, 0.15) is 37.7 Å². The number of nitrogens with one attached hydrogen (secondary N) is 1. The monoisotopic (exact) mass is 354 g/mol. The molecule has 2 aliphatic rings. The summed E-state index contributed by atoms with van der Waals surface area (Å²) in [4.78, 5) is 26.0. The number of benzene rings is 1. The van der Waals surface area contributed by atoms with Gasteiger partial charge in [-0.05, 0) is 36.6 Å². The first kappa shape index (κ1) is 16.1. The molecule has 0 radical (unpaired) electrons. The Morgan fingerprint density at radius 3 is 2.35 bits per heavy atom. The van der Waals surface area contributed by atoms with Crippen molar-refractivity contribution in [3.05, 3.63) is 33.4 Å². The highest BCUT2D eigenvalue weighted by molar-refractivity contribution is 6.37. The summed E-state index contributed by atoms with van der Waals surface area (Å²) in [6.45, 7) is 0. The van der Waals surface area contributed by atoms with Gasteiger partial charge in [0, 0.05) is 6.04 Å². The standard InChI is InChI=1S/C16H16Cl2N2O3/c17-11-6-9(7-12(18)14(11)21)8-13-15(22)20(16(23)19-13)10-4-2-1-3-5-10/h6-8,10,21H,1-5H2,(H,19,23)/b13-8-. The Hall–Kier alpha value is -1.72. The van der Waals surface area contributed by atoms with E-state index in [2.05, 4.69) is 5.32 Å². The van der Waals surface area contributed by atoms with Crippen LogP contribution in [0.25, 0.3) is 6.08 Å². The maximum atomic E-state index is 12.5. The Bertz CT molecular complexity index is 674. The lowest BCUT2D eigenvalue weighted by Gasteiger charge is -2.28. The average molecular weight is 355 g/mol. The number of nitrogens with zero attached hydrogens (tertiary/aromatic N) is 1. The van der Waals surface area contributed by atoms with Gasteiger partial charge in [0.2, 0.25) is 0 Å². The SMILES string of the molecule is O=C1N/C(=C\c2cc(Cl)c(O)c(Cl)c2)C(=O)N1C1CCCCC1. The number of rotatable bonds is 2. The number of imide groups is 1. The molecule has 122 valence electrons. The molecule has 3 rings (SSSR count). The smallest absolute Gasteiger partial charge is 0.329 e. The third kappa shape index (κ3) is 3.16. The zero-order valence-electron chi connectivity index (χ0n) is 12.3. The molecule has 0 spiro atoms. The normalized spacial score (nSPS) is 21.1. The molecule has 1 aliphatic carbocycles. The van der Waals surface area contributed by atoms with Gasteiger partial charge >= 0.3 is 6.03 Å². The van der Waals surface area contributed by atoms with E-state index in [1.165, 1.54) is 23.1 Å². The quantitative estimate of drug-likeness (QED) is 0.624. The topological polar surface area (TPSA) is 69.6 Å². The summed E-state index contributed by atoms with van der Waals surface area (Å²) in [5, 5.41) is 12.3. The van der Waals surface area contributed by atoms with Crippen LogP contribution in [0.2, 0.25) is 10.0 Å². The summed E-state index contributed by atoms with van der Waals surface area (Å²) in [5.74, 6) is -0.539. The zero-order chi connectivity index (χ0) is 16.6. The maximum Gasteiger partial charge on any atom is 0.329 e. The second-order valence-corrected chi connectivity index (χ2v) is 6.60. The van der Waals surface area contributed by atoms with Crippen molar-refractivity contribution in [2.24, 2.45) is 0 Å². The van der Waals surface area contributed by atoms with Crippen molar-refractivity contribution < 1.29 is 14.7 Å². The summed E-state index contributed by atoms with van der Waals surface area (Å²) in [6.07, 6.45) is 6.42. The van der Waals surface area contributed by atoms with Crippen LogP contribution in [-0.4, -0.2) is 28.0 Å². The molecule has 1 aromatic carbocycles. The Morgan fingerprint density at radius 1 is 1.13 bits per heavy atom. The molecular weight excluding hydrogens is 339 g/mol. The molecule has 1 aliphatic heterocycles. The Kier molecular flexibility index (Phi) is 4.50. The molecule has 23 heavy (non-hydrogen) atoms. The fourth-order valence-corrected chi connectivity index (χ4v) is 3.56. The van der Waals surface area contributed by atoms with Crippen LogP contribution in [0.4, 0.5) is 4.79 Å². The number of hydrogen-bond acceptors (Lipinski definition) is 3. The number of aromatic hydroxyl groups is 1. The number of urea groups is 1. The summed E-state index contributed by atoms with van der Waals surface area (Å²) < 4.78 is 0. The van der Waals surface area contributed by atoms with Crippen LogP contribution in [0.15, 0.2) is 17.8 Å². The molecule has 2 fully saturated rings. The van der Waals surface area contributed by atoms with Gasteiger partial charge in [0.1, 0.15) is 5.70 Å². The Labute approximate surface area is 143 Å². The average Bonchev–Trinajstić information content (AvgIpc) is 2.80. The summed E-state index contributed by atoms with van der Waals surface area (Å²) in [5.41, 5.74) is 0.727. The molecule has 0 atom stereocenters. The highest BCUT2D eigenvalue weighted by Gasteiger charge is 2.38. The van der Waals surface area contributed by atoms with E-state index >= 15 is 0 Å². The van der Waals surface area contributed by atoms with E-state index in [0.29, 0.717) is 5.56 Å². The van der Waals surface area contributed by atoms with Crippen molar-refractivity contribution in [3.8, 4) is 5.75 Å². The highest BCUT2D eigenvalue weighted by Crippen LogP contribution is 2.34. The van der Waals surface area contributed by atoms with Crippen LogP contribution < -0.4 is 5.32 Å². The number of hydrogen-bond donors (Lipinski definition) is 2. The lowest BCUT2D eigenvalue weighted by molar-refractivity contribution is -0.124. The molecule has 1 heterocycles. The predicted molar refractivity (Wildman–Crippen MR) is 88.4 cm³/mol. The van der Waals surface area contributed by atoms with E-state index in [4.69, 9.17) is 23.2 Å². The number of carbonyl (C=O) groups is 2. The number of amides is 3. The van der Waals surface area contributed by atoms with Gasteiger partial charge in [-0.15, -0.1) is 0 Å². The number of phenolic OH excluding ortho intramolecular Hbond substituents is 1. The molecule has 0 aromatic heterocycles. The minimum atomic E-state index is -0.385. The van der Waals surface area contributed by atoms with Crippen LogP contribution in [0.3, 0.4) is 0 Å². The molecule has 2 N–H and O–H groups in total. The van der Waals surface area contributed by atoms with Crippen molar-refractivity contribution in [2.45, 2.75) is 38.1 Å². The van der Waals surface area contributed by atoms with Crippen LogP contribution >= 0.6 is 23.2 Å². The van der Waals surface area contributed by atoms with Crippen molar-refractivity contribution in [2.75, 3.05) is 0 Å². The second kappa shape index (κ2) is 6.42. The largest absolute Gasteiger partial charge is 0.505 e. The van der Waals surface area contributed by atoms with Crippen molar-refractivity contribution in [1.82, 2.24) is 10.2 Å². The summed E-state index contributed by atoms with van der Waals surface area (Å²) in [7, 11) is 0. The van der Waals surface area contributed by atoms with Gasteiger partial charge in [-0.2, -0.15) is 0 Å². The van der Waals surface area contributed by atoms with Gasteiger partial charge in [-0.25, -0.2) is 4.79 Å². The van der Waals surface area contributed by atoms with E-state index in [-0.39, 0.29) is 39.5 Å². The molecular formula is C16H16Cl2N2O3. The van der Waals surface area contributed by atoms with Gasteiger partial charge in [0.25, 0.3) is 5.91 Å². The molecule has 1 saturated carbocycles. The van der Waals surface area contributed by atoms with E-state index in [0.717, 1.165) is 32.1 Å². The maximum absolute atomic E-state index is 12.5. The first-order valence-corrected chi connectivity index (χ1v) is 8.27. The van der Waals surface area contributed by atoms with E-state index < -0.39 is 0 Å². The predicted octanol–water partition coefficient (Wildman–Crippen LogP) is 3.92. The number of halogens is 2. The van der Waals surface area contributed by atoms with Crippen molar-refractivity contribution in [3.63, 3.8) is 0 Å². The molecule has 1 saturated heterocycles. The lowest BCUT2D eigenvalue weighted by Crippen LogP contribution is -2.41. The third-order valence-corrected chi connectivity index (χ3v) is 4.78. The van der Waals surface area contributed by atoms with Crippen molar-refractivity contribution >= 4 is 41.2 Å². The minimum Gasteiger partial charge on any atom is -0.505 e. The first-order valence-electron chi connectivity index (χ1n) is 7.51. The number of carbonyl (C=O) groups excluding carboxylic acids is 2. The van der Waals surface area contributed by atoms with Gasteiger partial charge in [0.15, 0.2) is 5.75 Å². The zero-order valence-corrected chi connectivity index (χ0v) is 13.8. The lowest BCUT2D eigenvalue weighted by atomic mass is 9.94. The Balaban J connectivity index is 1.86.